The molecule has 0 radical (unpaired) electrons. The van der Waals surface area contributed by atoms with E-state index in [2.05, 4.69) is 31.1 Å². The molecule has 3 heteroatoms. The van der Waals surface area contributed by atoms with Gasteiger partial charge in [-0.15, -0.1) is 6.42 Å². The van der Waals surface area contributed by atoms with Gasteiger partial charge in [-0.05, 0) is 25.5 Å². The highest BCUT2D eigenvalue weighted by molar-refractivity contribution is 6.93. The molecular weight excluding hydrogens is 252 g/mol. The third-order valence-electron chi connectivity index (χ3n) is 3.65. The second-order valence-corrected chi connectivity index (χ2v) is 9.87. The first kappa shape index (κ1) is 15.5. The summed E-state index contributed by atoms with van der Waals surface area (Å²) in [7, 11) is -1.89. The molecule has 0 aliphatic carbocycles. The van der Waals surface area contributed by atoms with E-state index in [9.17, 15) is 4.79 Å². The minimum atomic E-state index is -1.89. The predicted molar refractivity (Wildman–Crippen MR) is 82.2 cm³/mol. The molecular formula is C16H22O2Si. The number of benzene rings is 1. The summed E-state index contributed by atoms with van der Waals surface area (Å²) in [5.74, 6) is 2.55. The lowest BCUT2D eigenvalue weighted by Gasteiger charge is -2.30. The third-order valence-corrected chi connectivity index (χ3v) is 7.85. The predicted octanol–water partition coefficient (Wildman–Crippen LogP) is 2.93. The quantitative estimate of drug-likeness (QED) is 0.469. The van der Waals surface area contributed by atoms with E-state index in [-0.39, 0.29) is 11.5 Å². The monoisotopic (exact) mass is 274 g/mol. The summed E-state index contributed by atoms with van der Waals surface area (Å²) in [6, 6.07) is 8.01. The Morgan fingerprint density at radius 3 is 2.32 bits per heavy atom. The van der Waals surface area contributed by atoms with Gasteiger partial charge >= 0.3 is 5.97 Å². The molecule has 0 N–H and O–H groups in total. The summed E-state index contributed by atoms with van der Waals surface area (Å²) < 4.78 is 5.21. The molecule has 2 nitrogen and oxygen atoms in total. The Hall–Kier alpha value is -1.53. The molecule has 0 amide bonds. The Kier molecular flexibility index (Phi) is 5.38. The number of carbonyl (C=O) groups excluding carboxylic acids is 1. The minimum absolute atomic E-state index is 0.0101. The molecule has 1 aromatic carbocycles. The topological polar surface area (TPSA) is 26.3 Å². The van der Waals surface area contributed by atoms with E-state index < -0.39 is 8.07 Å². The Balaban J connectivity index is 3.05. The van der Waals surface area contributed by atoms with Gasteiger partial charge < -0.3 is 4.74 Å². The molecule has 0 aliphatic heterocycles. The van der Waals surface area contributed by atoms with Gasteiger partial charge in [0.05, 0.1) is 20.2 Å². The normalized spacial score (nSPS) is 12.6. The van der Waals surface area contributed by atoms with Crippen LogP contribution in [0, 0.1) is 12.3 Å². The van der Waals surface area contributed by atoms with Crippen molar-refractivity contribution in [3.63, 3.8) is 0 Å². The van der Waals surface area contributed by atoms with Crippen molar-refractivity contribution in [3.8, 4) is 12.3 Å². The second kappa shape index (κ2) is 6.58. The number of carbonyl (C=O) groups is 1. The molecule has 19 heavy (non-hydrogen) atoms. The molecule has 0 aliphatic rings. The molecule has 0 spiro atoms. The van der Waals surface area contributed by atoms with Gasteiger partial charge in [-0.3, -0.25) is 4.79 Å². The number of rotatable bonds is 5. The summed E-state index contributed by atoms with van der Waals surface area (Å²) in [4.78, 5) is 12.1. The van der Waals surface area contributed by atoms with Crippen LogP contribution in [0.25, 0.3) is 0 Å². The molecule has 0 bridgehead atoms. The summed E-state index contributed by atoms with van der Waals surface area (Å²) in [6.45, 7) is 8.76. The fraction of sp³-hybridized carbons (Fsp3) is 0.438. The maximum Gasteiger partial charge on any atom is 0.306 e. The van der Waals surface area contributed by atoms with Crippen molar-refractivity contribution in [2.45, 2.75) is 38.9 Å². The average Bonchev–Trinajstić information content (AvgIpc) is 2.39. The highest BCUT2D eigenvalue weighted by atomic mass is 28.3. The maximum absolute atomic E-state index is 12.1. The Labute approximate surface area is 117 Å². The lowest BCUT2D eigenvalue weighted by Crippen LogP contribution is -2.49. The lowest BCUT2D eigenvalue weighted by atomic mass is 10.2. The van der Waals surface area contributed by atoms with Gasteiger partial charge in [0.25, 0.3) is 0 Å². The van der Waals surface area contributed by atoms with E-state index in [1.165, 1.54) is 5.19 Å². The fourth-order valence-electron chi connectivity index (χ4n) is 2.41. The average molecular weight is 274 g/mol. The van der Waals surface area contributed by atoms with E-state index >= 15 is 0 Å². The molecule has 0 heterocycles. The Morgan fingerprint density at radius 2 is 1.89 bits per heavy atom. The van der Waals surface area contributed by atoms with Crippen LogP contribution in [0.3, 0.4) is 0 Å². The maximum atomic E-state index is 12.1. The van der Waals surface area contributed by atoms with Crippen molar-refractivity contribution < 1.29 is 9.53 Å². The molecule has 0 saturated heterocycles. The van der Waals surface area contributed by atoms with E-state index in [1.54, 1.807) is 0 Å². The van der Waals surface area contributed by atoms with Crippen molar-refractivity contribution in [3.05, 3.63) is 29.8 Å². The van der Waals surface area contributed by atoms with Crippen LogP contribution in [0.2, 0.25) is 18.6 Å². The standard InChI is InChI=1S/C16H22O2Si/c1-6-13-9-11-14(12-10-13)19(4,5)15(7-2)16(17)18-8-3/h1,9-12,15H,7-8H2,2-5H3. The molecule has 1 aromatic rings. The molecule has 0 fully saturated rings. The molecule has 1 unspecified atom stereocenters. The van der Waals surface area contributed by atoms with Gasteiger partial charge in [0.2, 0.25) is 0 Å². The fourth-order valence-corrected chi connectivity index (χ4v) is 5.53. The third kappa shape index (κ3) is 3.48. The van der Waals surface area contributed by atoms with Crippen LogP contribution < -0.4 is 5.19 Å². The smallest absolute Gasteiger partial charge is 0.306 e. The zero-order valence-corrected chi connectivity index (χ0v) is 13.2. The Bertz CT molecular complexity index is 469. The van der Waals surface area contributed by atoms with Crippen LogP contribution in [0.5, 0.6) is 0 Å². The number of ether oxygens (including phenoxy) is 1. The lowest BCUT2D eigenvalue weighted by molar-refractivity contribution is -0.143. The van der Waals surface area contributed by atoms with Crippen LogP contribution in [0.15, 0.2) is 24.3 Å². The molecule has 1 atom stereocenters. The van der Waals surface area contributed by atoms with Crippen molar-refractivity contribution in [2.24, 2.45) is 0 Å². The van der Waals surface area contributed by atoms with Crippen molar-refractivity contribution in [1.82, 2.24) is 0 Å². The highest BCUT2D eigenvalue weighted by Gasteiger charge is 2.38. The summed E-state index contributed by atoms with van der Waals surface area (Å²) in [5.41, 5.74) is 0.863. The SMILES string of the molecule is C#Cc1ccc([Si](C)(C)C(CC)C(=O)OCC)cc1. The van der Waals surface area contributed by atoms with E-state index in [0.29, 0.717) is 6.61 Å². The molecule has 0 aromatic heterocycles. The van der Waals surface area contributed by atoms with E-state index in [4.69, 9.17) is 11.2 Å². The highest BCUT2D eigenvalue weighted by Crippen LogP contribution is 2.27. The number of hydrogen-bond donors (Lipinski definition) is 0. The van der Waals surface area contributed by atoms with Gasteiger partial charge in [0.1, 0.15) is 0 Å². The summed E-state index contributed by atoms with van der Waals surface area (Å²) >= 11 is 0. The van der Waals surface area contributed by atoms with Gasteiger partial charge in [-0.25, -0.2) is 0 Å². The number of esters is 1. The first-order valence-electron chi connectivity index (χ1n) is 6.71. The summed E-state index contributed by atoms with van der Waals surface area (Å²) in [5, 5.41) is 1.24. The van der Waals surface area contributed by atoms with Crippen LogP contribution in [-0.2, 0) is 9.53 Å². The first-order valence-corrected chi connectivity index (χ1v) is 9.78. The second-order valence-electron chi connectivity index (χ2n) is 5.16. The minimum Gasteiger partial charge on any atom is -0.466 e. The Morgan fingerprint density at radius 1 is 1.32 bits per heavy atom. The van der Waals surface area contributed by atoms with Crippen molar-refractivity contribution >= 4 is 19.2 Å². The van der Waals surface area contributed by atoms with Gasteiger partial charge in [0, 0.05) is 5.56 Å². The molecule has 0 saturated carbocycles. The van der Waals surface area contributed by atoms with Crippen LogP contribution in [-0.4, -0.2) is 20.7 Å². The molecule has 102 valence electrons. The summed E-state index contributed by atoms with van der Waals surface area (Å²) in [6.07, 6.45) is 6.18. The molecule has 1 rings (SSSR count). The number of terminal acetylenes is 1. The first-order chi connectivity index (χ1) is 8.97. The number of hydrogen-bond acceptors (Lipinski definition) is 2. The zero-order valence-electron chi connectivity index (χ0n) is 12.2. The largest absolute Gasteiger partial charge is 0.466 e. The van der Waals surface area contributed by atoms with Gasteiger partial charge in [0.15, 0.2) is 0 Å². The van der Waals surface area contributed by atoms with Crippen LogP contribution >= 0.6 is 0 Å². The zero-order chi connectivity index (χ0) is 14.5. The van der Waals surface area contributed by atoms with Crippen LogP contribution in [0.4, 0.5) is 0 Å². The van der Waals surface area contributed by atoms with Crippen LogP contribution in [0.1, 0.15) is 25.8 Å². The van der Waals surface area contributed by atoms with Gasteiger partial charge in [-0.2, -0.15) is 0 Å². The van der Waals surface area contributed by atoms with E-state index in [0.717, 1.165) is 12.0 Å². The van der Waals surface area contributed by atoms with E-state index in [1.807, 2.05) is 26.0 Å². The van der Waals surface area contributed by atoms with Crippen molar-refractivity contribution in [2.75, 3.05) is 6.61 Å². The van der Waals surface area contributed by atoms with Crippen molar-refractivity contribution in [1.29, 1.82) is 0 Å². The van der Waals surface area contributed by atoms with Gasteiger partial charge in [-0.1, -0.05) is 43.3 Å².